The molecule has 0 aliphatic carbocycles. The molecular weight excluding hydrogens is 180 g/mol. The third-order valence-corrected chi connectivity index (χ3v) is 1.90. The maximum absolute atomic E-state index is 9.50. The van der Waals surface area contributed by atoms with Crippen LogP contribution in [-0.4, -0.2) is 24.9 Å². The van der Waals surface area contributed by atoms with Crippen molar-refractivity contribution in [2.75, 3.05) is 0 Å². The molecule has 2 rings (SSSR count). The third kappa shape index (κ3) is 1.49. The molecule has 0 unspecified atom stereocenters. The zero-order valence-electron chi connectivity index (χ0n) is 7.70. The van der Waals surface area contributed by atoms with E-state index in [0.29, 0.717) is 5.82 Å². The van der Waals surface area contributed by atoms with Crippen molar-refractivity contribution in [3.8, 4) is 5.82 Å². The number of hydrogen-bond donors (Lipinski definition) is 1. The zero-order chi connectivity index (χ0) is 9.97. The smallest absolute Gasteiger partial charge is 0.160 e. The lowest BCUT2D eigenvalue weighted by Gasteiger charge is -2.09. The van der Waals surface area contributed by atoms with Gasteiger partial charge in [-0.2, -0.15) is 5.10 Å². The second-order valence-electron chi connectivity index (χ2n) is 2.93. The molecule has 0 fully saturated rings. The van der Waals surface area contributed by atoms with Gasteiger partial charge in [0.05, 0.1) is 6.10 Å². The Kier molecular flexibility index (Phi) is 2.24. The summed E-state index contributed by atoms with van der Waals surface area (Å²) in [6.07, 6.45) is 4.07. The van der Waals surface area contributed by atoms with Crippen LogP contribution in [0.1, 0.15) is 18.6 Å². The maximum Gasteiger partial charge on any atom is 0.160 e. The molecule has 0 spiro atoms. The van der Waals surface area contributed by atoms with E-state index in [4.69, 9.17) is 0 Å². The standard InChI is InChI=1S/C9H10N4O/c1-7(14)8-3-2-4-11-9(8)13-6-10-5-12-13/h2-7,14H,1H3/t7-/m1/s1. The predicted octanol–water partition coefficient (Wildman–Crippen LogP) is 0.716. The number of aliphatic hydroxyl groups is 1. The number of nitrogens with zero attached hydrogens (tertiary/aromatic N) is 4. The normalized spacial score (nSPS) is 12.7. The highest BCUT2D eigenvalue weighted by Crippen LogP contribution is 2.17. The minimum atomic E-state index is -0.567. The number of rotatable bonds is 2. The Bertz CT molecular complexity index is 411. The molecule has 0 aromatic carbocycles. The van der Waals surface area contributed by atoms with Crippen molar-refractivity contribution >= 4 is 0 Å². The van der Waals surface area contributed by atoms with Gasteiger partial charge in [-0.15, -0.1) is 0 Å². The third-order valence-electron chi connectivity index (χ3n) is 1.90. The maximum atomic E-state index is 9.50. The van der Waals surface area contributed by atoms with E-state index < -0.39 is 6.10 Å². The van der Waals surface area contributed by atoms with Crippen molar-refractivity contribution < 1.29 is 5.11 Å². The van der Waals surface area contributed by atoms with Crippen molar-refractivity contribution in [2.45, 2.75) is 13.0 Å². The van der Waals surface area contributed by atoms with E-state index in [9.17, 15) is 5.11 Å². The van der Waals surface area contributed by atoms with Gasteiger partial charge in [-0.3, -0.25) is 0 Å². The Morgan fingerprint density at radius 1 is 1.50 bits per heavy atom. The fourth-order valence-electron chi connectivity index (χ4n) is 1.24. The number of hydrogen-bond acceptors (Lipinski definition) is 4. The molecule has 0 radical (unpaired) electrons. The summed E-state index contributed by atoms with van der Waals surface area (Å²) in [6, 6.07) is 3.59. The van der Waals surface area contributed by atoms with Crippen LogP contribution in [0.15, 0.2) is 31.0 Å². The van der Waals surface area contributed by atoms with E-state index in [0.717, 1.165) is 5.56 Å². The largest absolute Gasteiger partial charge is 0.389 e. The molecule has 5 heteroatoms. The Labute approximate surface area is 81.1 Å². The van der Waals surface area contributed by atoms with E-state index in [1.165, 1.54) is 11.0 Å². The molecule has 2 heterocycles. The van der Waals surface area contributed by atoms with Crippen LogP contribution in [0, 0.1) is 0 Å². The Hall–Kier alpha value is -1.75. The number of aromatic nitrogens is 4. The lowest BCUT2D eigenvalue weighted by atomic mass is 10.1. The molecule has 0 aliphatic heterocycles. The Balaban J connectivity index is 2.53. The highest BCUT2D eigenvalue weighted by molar-refractivity contribution is 5.33. The molecule has 2 aromatic rings. The Morgan fingerprint density at radius 3 is 3.00 bits per heavy atom. The van der Waals surface area contributed by atoms with Gasteiger partial charge in [0, 0.05) is 11.8 Å². The average molecular weight is 190 g/mol. The first kappa shape index (κ1) is 8.83. The molecular formula is C9H10N4O. The van der Waals surface area contributed by atoms with Crippen LogP contribution in [0.3, 0.4) is 0 Å². The minimum absolute atomic E-state index is 0.567. The summed E-state index contributed by atoms with van der Waals surface area (Å²) in [4.78, 5) is 7.97. The van der Waals surface area contributed by atoms with Crippen molar-refractivity contribution in [3.63, 3.8) is 0 Å². The lowest BCUT2D eigenvalue weighted by Crippen LogP contribution is -2.05. The molecule has 1 atom stereocenters. The molecule has 0 amide bonds. The molecule has 0 saturated heterocycles. The van der Waals surface area contributed by atoms with Crippen LogP contribution in [0.4, 0.5) is 0 Å². The van der Waals surface area contributed by atoms with Crippen LogP contribution in [0.5, 0.6) is 0 Å². The van der Waals surface area contributed by atoms with Crippen LogP contribution < -0.4 is 0 Å². The van der Waals surface area contributed by atoms with Crippen molar-refractivity contribution in [2.24, 2.45) is 0 Å². The first-order chi connectivity index (χ1) is 6.79. The van der Waals surface area contributed by atoms with E-state index in [2.05, 4.69) is 15.1 Å². The van der Waals surface area contributed by atoms with Crippen molar-refractivity contribution in [3.05, 3.63) is 36.5 Å². The van der Waals surface area contributed by atoms with Gasteiger partial charge in [0.2, 0.25) is 0 Å². The highest BCUT2D eigenvalue weighted by Gasteiger charge is 2.10. The predicted molar refractivity (Wildman–Crippen MR) is 49.8 cm³/mol. The van der Waals surface area contributed by atoms with Gasteiger partial charge in [0.1, 0.15) is 12.7 Å². The molecule has 5 nitrogen and oxygen atoms in total. The fourth-order valence-corrected chi connectivity index (χ4v) is 1.24. The van der Waals surface area contributed by atoms with Gasteiger partial charge in [-0.1, -0.05) is 6.07 Å². The van der Waals surface area contributed by atoms with E-state index in [1.54, 1.807) is 25.5 Å². The fraction of sp³-hybridized carbons (Fsp3) is 0.222. The van der Waals surface area contributed by atoms with Gasteiger partial charge in [0.25, 0.3) is 0 Å². The first-order valence-corrected chi connectivity index (χ1v) is 4.27. The van der Waals surface area contributed by atoms with Gasteiger partial charge in [-0.25, -0.2) is 14.6 Å². The monoisotopic (exact) mass is 190 g/mol. The molecule has 1 N–H and O–H groups in total. The summed E-state index contributed by atoms with van der Waals surface area (Å²) in [5.74, 6) is 0.611. The van der Waals surface area contributed by atoms with Gasteiger partial charge >= 0.3 is 0 Å². The quantitative estimate of drug-likeness (QED) is 0.757. The van der Waals surface area contributed by atoms with Crippen molar-refractivity contribution in [1.82, 2.24) is 19.7 Å². The van der Waals surface area contributed by atoms with Gasteiger partial charge in [-0.05, 0) is 13.0 Å². The summed E-state index contributed by atoms with van der Waals surface area (Å²) in [5, 5.41) is 13.5. The molecule has 0 saturated carbocycles. The van der Waals surface area contributed by atoms with Crippen LogP contribution in [-0.2, 0) is 0 Å². The number of pyridine rings is 1. The highest BCUT2D eigenvalue weighted by atomic mass is 16.3. The summed E-state index contributed by atoms with van der Waals surface area (Å²) in [7, 11) is 0. The van der Waals surface area contributed by atoms with Crippen molar-refractivity contribution in [1.29, 1.82) is 0 Å². The molecule has 14 heavy (non-hydrogen) atoms. The summed E-state index contributed by atoms with van der Waals surface area (Å²) < 4.78 is 1.53. The summed E-state index contributed by atoms with van der Waals surface area (Å²) >= 11 is 0. The first-order valence-electron chi connectivity index (χ1n) is 4.27. The van der Waals surface area contributed by atoms with Crippen LogP contribution in [0.25, 0.3) is 5.82 Å². The molecule has 0 aliphatic rings. The van der Waals surface area contributed by atoms with E-state index >= 15 is 0 Å². The lowest BCUT2D eigenvalue weighted by molar-refractivity contribution is 0.198. The van der Waals surface area contributed by atoms with E-state index in [-0.39, 0.29) is 0 Å². The minimum Gasteiger partial charge on any atom is -0.389 e. The zero-order valence-corrected chi connectivity index (χ0v) is 7.70. The molecule has 72 valence electrons. The Morgan fingerprint density at radius 2 is 2.36 bits per heavy atom. The summed E-state index contributed by atoms with van der Waals surface area (Å²) in [6.45, 7) is 1.69. The topological polar surface area (TPSA) is 63.8 Å². The van der Waals surface area contributed by atoms with Crippen LogP contribution >= 0.6 is 0 Å². The average Bonchev–Trinajstić information content (AvgIpc) is 2.70. The summed E-state index contributed by atoms with van der Waals surface area (Å²) in [5.41, 5.74) is 0.734. The SMILES string of the molecule is C[C@@H](O)c1cccnc1-n1cncn1. The molecule has 0 bridgehead atoms. The van der Waals surface area contributed by atoms with Gasteiger partial charge < -0.3 is 5.11 Å². The van der Waals surface area contributed by atoms with Gasteiger partial charge in [0.15, 0.2) is 5.82 Å². The number of aliphatic hydroxyl groups excluding tert-OH is 1. The molecule has 2 aromatic heterocycles. The second-order valence-corrected chi connectivity index (χ2v) is 2.93. The van der Waals surface area contributed by atoms with Crippen LogP contribution in [0.2, 0.25) is 0 Å². The second kappa shape index (κ2) is 3.55. The van der Waals surface area contributed by atoms with E-state index in [1.807, 2.05) is 6.07 Å².